The number of hydrogen-bond donors (Lipinski definition) is 0. The Labute approximate surface area is 98.2 Å². The van der Waals surface area contributed by atoms with Crippen LogP contribution in [0.15, 0.2) is 24.3 Å². The average molecular weight is 272 g/mol. The molecule has 0 aromatic heterocycles. The lowest BCUT2D eigenvalue weighted by molar-refractivity contribution is -0.107. The van der Waals surface area contributed by atoms with E-state index >= 15 is 0 Å². The number of hydrogen-bond acceptors (Lipinski definition) is 2. The van der Waals surface area contributed by atoms with Gasteiger partial charge in [-0.25, -0.2) is 0 Å². The summed E-state index contributed by atoms with van der Waals surface area (Å²) in [5.41, 5.74) is 0.816. The summed E-state index contributed by atoms with van der Waals surface area (Å²) < 4.78 is 5.20. The van der Waals surface area contributed by atoms with Crippen LogP contribution >= 0.6 is 15.9 Å². The van der Waals surface area contributed by atoms with Crippen molar-refractivity contribution in [1.82, 2.24) is 0 Å². The number of nitrogens with zero attached hydrogens (tertiary/aromatic N) is 1. The topological polar surface area (TPSA) is 29.5 Å². The highest BCUT2D eigenvalue weighted by Gasteiger charge is 2.09. The molecule has 0 saturated carbocycles. The Balaban J connectivity index is 2.85. The van der Waals surface area contributed by atoms with Crippen molar-refractivity contribution in [2.45, 2.75) is 6.42 Å². The number of para-hydroxylation sites is 2. The van der Waals surface area contributed by atoms with Crippen molar-refractivity contribution in [2.24, 2.45) is 0 Å². The summed E-state index contributed by atoms with van der Waals surface area (Å²) in [6, 6.07) is 7.50. The maximum Gasteiger partial charge on any atom is 0.214 e. The third-order valence-electron chi connectivity index (χ3n) is 2.05. The molecule has 1 aromatic carbocycles. The number of alkyl halides is 1. The molecule has 3 nitrogen and oxygen atoms in total. The van der Waals surface area contributed by atoms with Gasteiger partial charge in [0.25, 0.3) is 0 Å². The average Bonchev–Trinajstić information content (AvgIpc) is 2.30. The Hall–Kier alpha value is -1.03. The van der Waals surface area contributed by atoms with Crippen LogP contribution in [0.25, 0.3) is 0 Å². The van der Waals surface area contributed by atoms with Crippen LogP contribution in [0.5, 0.6) is 5.75 Å². The lowest BCUT2D eigenvalue weighted by atomic mass is 10.2. The van der Waals surface area contributed by atoms with Crippen molar-refractivity contribution in [3.63, 3.8) is 0 Å². The van der Waals surface area contributed by atoms with Gasteiger partial charge in [0.15, 0.2) is 0 Å². The Morgan fingerprint density at radius 1 is 1.47 bits per heavy atom. The van der Waals surface area contributed by atoms with Gasteiger partial charge in [-0.15, -0.1) is 0 Å². The lowest BCUT2D eigenvalue weighted by Gasteiger charge is -2.19. The van der Waals surface area contributed by atoms with E-state index in [0.717, 1.165) is 29.6 Å². The highest BCUT2D eigenvalue weighted by Crippen LogP contribution is 2.26. The molecule has 0 aliphatic carbocycles. The van der Waals surface area contributed by atoms with Gasteiger partial charge in [-0.05, 0) is 18.6 Å². The fourth-order valence-corrected chi connectivity index (χ4v) is 1.58. The molecule has 1 rings (SSSR count). The summed E-state index contributed by atoms with van der Waals surface area (Å²) in [5.74, 6) is 0.721. The highest BCUT2D eigenvalue weighted by molar-refractivity contribution is 9.09. The molecule has 0 spiro atoms. The zero-order valence-electron chi connectivity index (χ0n) is 8.65. The van der Waals surface area contributed by atoms with E-state index in [2.05, 4.69) is 15.9 Å². The fourth-order valence-electron chi connectivity index (χ4n) is 1.33. The van der Waals surface area contributed by atoms with Crippen LogP contribution < -0.4 is 9.64 Å². The van der Waals surface area contributed by atoms with E-state index in [-0.39, 0.29) is 0 Å². The van der Waals surface area contributed by atoms with Crippen LogP contribution in [0, 0.1) is 0 Å². The van der Waals surface area contributed by atoms with Crippen LogP contribution in [0.2, 0.25) is 0 Å². The molecule has 0 heterocycles. The standard InChI is InChI=1S/C11H14BrNO2/c1-15-11-6-3-2-5-10(11)13(9-14)8-4-7-12/h2-3,5-6,9H,4,7-8H2,1H3. The molecule has 1 aromatic rings. The second-order valence-corrected chi connectivity index (χ2v) is 3.81. The minimum Gasteiger partial charge on any atom is -0.495 e. The molecular weight excluding hydrogens is 258 g/mol. The van der Waals surface area contributed by atoms with Gasteiger partial charge < -0.3 is 9.64 Å². The number of halogens is 1. The lowest BCUT2D eigenvalue weighted by Crippen LogP contribution is -2.23. The molecule has 1 amide bonds. The molecule has 0 fully saturated rings. The normalized spacial score (nSPS) is 9.73. The maximum atomic E-state index is 10.9. The number of anilines is 1. The maximum absolute atomic E-state index is 10.9. The van der Waals surface area contributed by atoms with Crippen LogP contribution in [0.4, 0.5) is 5.69 Å². The third-order valence-corrected chi connectivity index (χ3v) is 2.62. The molecule has 82 valence electrons. The molecule has 0 bridgehead atoms. The van der Waals surface area contributed by atoms with Crippen LogP contribution in [-0.2, 0) is 4.79 Å². The van der Waals surface area contributed by atoms with E-state index < -0.39 is 0 Å². The van der Waals surface area contributed by atoms with E-state index in [1.807, 2.05) is 24.3 Å². The first-order chi connectivity index (χ1) is 7.33. The minimum atomic E-state index is 0.690. The first-order valence-corrected chi connectivity index (χ1v) is 5.86. The smallest absolute Gasteiger partial charge is 0.214 e. The van der Waals surface area contributed by atoms with Gasteiger partial charge in [-0.2, -0.15) is 0 Å². The Morgan fingerprint density at radius 2 is 2.20 bits per heavy atom. The van der Waals surface area contributed by atoms with Crippen molar-refractivity contribution < 1.29 is 9.53 Å². The third kappa shape index (κ3) is 3.23. The Kier molecular flexibility index (Phi) is 5.18. The zero-order chi connectivity index (χ0) is 11.1. The zero-order valence-corrected chi connectivity index (χ0v) is 10.2. The van der Waals surface area contributed by atoms with Crippen LogP contribution in [-0.4, -0.2) is 25.4 Å². The number of benzene rings is 1. The summed E-state index contributed by atoms with van der Waals surface area (Å²) in [5, 5.41) is 0.881. The highest BCUT2D eigenvalue weighted by atomic mass is 79.9. The molecule has 0 unspecified atom stereocenters. The monoisotopic (exact) mass is 271 g/mol. The number of methoxy groups -OCH3 is 1. The molecule has 0 radical (unpaired) electrons. The molecule has 0 aliphatic rings. The molecular formula is C11H14BrNO2. The quantitative estimate of drug-likeness (QED) is 0.588. The second-order valence-electron chi connectivity index (χ2n) is 3.01. The molecule has 0 atom stereocenters. The van der Waals surface area contributed by atoms with Crippen molar-refractivity contribution in [1.29, 1.82) is 0 Å². The molecule has 15 heavy (non-hydrogen) atoms. The van der Waals surface area contributed by atoms with E-state index in [1.165, 1.54) is 0 Å². The molecule has 0 N–H and O–H groups in total. The van der Waals surface area contributed by atoms with Crippen LogP contribution in [0.3, 0.4) is 0 Å². The molecule has 0 aliphatic heterocycles. The van der Waals surface area contributed by atoms with E-state index in [1.54, 1.807) is 12.0 Å². The van der Waals surface area contributed by atoms with Gasteiger partial charge in [0, 0.05) is 11.9 Å². The van der Waals surface area contributed by atoms with Gasteiger partial charge in [-0.3, -0.25) is 4.79 Å². The van der Waals surface area contributed by atoms with Gasteiger partial charge in [-0.1, -0.05) is 28.1 Å². The second kappa shape index (κ2) is 6.45. The molecule has 4 heteroatoms. The SMILES string of the molecule is COc1ccccc1N(C=O)CCCBr. The van der Waals surface area contributed by atoms with Gasteiger partial charge in [0.2, 0.25) is 6.41 Å². The van der Waals surface area contributed by atoms with Crippen molar-refractivity contribution in [3.8, 4) is 5.75 Å². The summed E-state index contributed by atoms with van der Waals surface area (Å²) in [4.78, 5) is 12.6. The van der Waals surface area contributed by atoms with Gasteiger partial charge in [0.1, 0.15) is 5.75 Å². The molecule has 0 saturated heterocycles. The summed E-state index contributed by atoms with van der Waals surface area (Å²) >= 11 is 3.34. The minimum absolute atomic E-state index is 0.690. The first-order valence-electron chi connectivity index (χ1n) is 4.74. The number of ether oxygens (including phenoxy) is 1. The number of carbonyl (C=O) groups is 1. The van der Waals surface area contributed by atoms with Gasteiger partial charge >= 0.3 is 0 Å². The van der Waals surface area contributed by atoms with Crippen molar-refractivity contribution >= 4 is 28.0 Å². The first kappa shape index (κ1) is 12.0. The number of amides is 1. The predicted molar refractivity (Wildman–Crippen MR) is 64.8 cm³/mol. The number of carbonyl (C=O) groups excluding carboxylic acids is 1. The predicted octanol–water partition coefficient (Wildman–Crippen LogP) is 2.44. The van der Waals surface area contributed by atoms with Gasteiger partial charge in [0.05, 0.1) is 12.8 Å². The summed E-state index contributed by atoms with van der Waals surface area (Å²) in [7, 11) is 1.60. The Bertz CT molecular complexity index is 317. The van der Waals surface area contributed by atoms with E-state index in [4.69, 9.17) is 4.74 Å². The fraction of sp³-hybridized carbons (Fsp3) is 0.364. The summed E-state index contributed by atoms with van der Waals surface area (Å²) in [6.07, 6.45) is 1.75. The van der Waals surface area contributed by atoms with Crippen molar-refractivity contribution in [3.05, 3.63) is 24.3 Å². The van der Waals surface area contributed by atoms with E-state index in [9.17, 15) is 4.79 Å². The number of rotatable bonds is 6. The van der Waals surface area contributed by atoms with Crippen LogP contribution in [0.1, 0.15) is 6.42 Å². The van der Waals surface area contributed by atoms with Crippen molar-refractivity contribution in [2.75, 3.05) is 23.9 Å². The largest absolute Gasteiger partial charge is 0.495 e. The van der Waals surface area contributed by atoms with E-state index in [0.29, 0.717) is 6.54 Å². The Morgan fingerprint density at radius 3 is 2.80 bits per heavy atom. The summed E-state index contributed by atoms with van der Waals surface area (Å²) in [6.45, 7) is 0.690.